The maximum Gasteiger partial charge on any atom is 0.508 e. The van der Waals surface area contributed by atoms with Gasteiger partial charge in [0.1, 0.15) is 11.2 Å². The van der Waals surface area contributed by atoms with Crippen molar-refractivity contribution in [3.8, 4) is 0 Å². The molecule has 0 unspecified atom stereocenters. The second-order valence-electron chi connectivity index (χ2n) is 6.14. The molecule has 0 N–H and O–H groups in total. The van der Waals surface area contributed by atoms with Gasteiger partial charge in [0.05, 0.1) is 22.6 Å². The maximum atomic E-state index is 11.8. The Morgan fingerprint density at radius 3 is 1.67 bits per heavy atom. The van der Waals surface area contributed by atoms with Crippen molar-refractivity contribution in [3.05, 3.63) is 63.8 Å². The Morgan fingerprint density at radius 1 is 0.800 bits per heavy atom. The van der Waals surface area contributed by atoms with E-state index in [2.05, 4.69) is 31.9 Å². The van der Waals surface area contributed by atoms with E-state index in [-0.39, 0.29) is 23.1 Å². The monoisotopic (exact) mass is 574 g/mol. The summed E-state index contributed by atoms with van der Waals surface area (Å²) >= 11 is 8.96. The van der Waals surface area contributed by atoms with Crippen LogP contribution >= 0.6 is 54.5 Å². The summed E-state index contributed by atoms with van der Waals surface area (Å²) in [6, 6.07) is 7.12. The minimum absolute atomic E-state index is 0.118. The SMILES string of the molecule is O=C(OCCc1cc2oc(=O)sc2cc1Br)OCCc1cc2oc(=O)sc2cc1Br. The standard InChI is InChI=1S/C19H12Br2O7S2/c20-11-7-15-13(27-18(23)29-15)5-9(11)1-3-25-17(22)26-4-2-10-6-14-16(8-12(10)21)30-19(24)28-14/h5-8H,1-4H2. The summed E-state index contributed by atoms with van der Waals surface area (Å²) in [6.07, 6.45) is 0.100. The summed E-state index contributed by atoms with van der Waals surface area (Å²) in [5, 5.41) is 0. The molecule has 156 valence electrons. The van der Waals surface area contributed by atoms with Crippen LogP contribution in [0.2, 0.25) is 0 Å². The van der Waals surface area contributed by atoms with E-state index in [1.54, 1.807) is 12.1 Å². The number of rotatable bonds is 6. The highest BCUT2D eigenvalue weighted by molar-refractivity contribution is 9.10. The topological polar surface area (TPSA) is 95.9 Å². The van der Waals surface area contributed by atoms with Gasteiger partial charge in [-0.1, -0.05) is 54.5 Å². The molecule has 0 aliphatic carbocycles. The molecule has 30 heavy (non-hydrogen) atoms. The smallest absolute Gasteiger partial charge is 0.434 e. The fraction of sp³-hybridized carbons (Fsp3) is 0.211. The Balaban J connectivity index is 1.27. The number of halogens is 2. The molecular weight excluding hydrogens is 564 g/mol. The minimum Gasteiger partial charge on any atom is -0.434 e. The zero-order valence-corrected chi connectivity index (χ0v) is 19.9. The summed E-state index contributed by atoms with van der Waals surface area (Å²) in [5.74, 6) is 0. The molecular formula is C19H12Br2O7S2. The highest BCUT2D eigenvalue weighted by Gasteiger charge is 2.11. The van der Waals surface area contributed by atoms with E-state index in [4.69, 9.17) is 18.3 Å². The lowest BCUT2D eigenvalue weighted by Crippen LogP contribution is -2.12. The molecule has 0 amide bonds. The lowest BCUT2D eigenvalue weighted by molar-refractivity contribution is 0.0569. The van der Waals surface area contributed by atoms with Crippen LogP contribution in [0.5, 0.6) is 0 Å². The van der Waals surface area contributed by atoms with Gasteiger partial charge in [-0.2, -0.15) is 0 Å². The Kier molecular flexibility index (Phi) is 6.42. The normalized spacial score (nSPS) is 11.3. The maximum absolute atomic E-state index is 11.8. The van der Waals surface area contributed by atoms with Gasteiger partial charge in [0.2, 0.25) is 0 Å². The summed E-state index contributed by atoms with van der Waals surface area (Å²) in [7, 11) is 0. The third-order valence-corrected chi connectivity index (χ3v) is 7.24. The van der Waals surface area contributed by atoms with E-state index < -0.39 is 6.16 Å². The summed E-state index contributed by atoms with van der Waals surface area (Å²) in [4.78, 5) is 33.8. The predicted molar refractivity (Wildman–Crippen MR) is 121 cm³/mol. The number of benzene rings is 2. The lowest BCUT2D eigenvalue weighted by atomic mass is 10.1. The molecule has 0 saturated heterocycles. The molecule has 4 aromatic rings. The molecule has 0 fully saturated rings. The fourth-order valence-corrected chi connectivity index (χ4v) is 5.55. The van der Waals surface area contributed by atoms with Crippen LogP contribution in [-0.4, -0.2) is 19.4 Å². The largest absolute Gasteiger partial charge is 0.508 e. The van der Waals surface area contributed by atoms with E-state index in [1.165, 1.54) is 0 Å². The molecule has 0 spiro atoms. The molecule has 0 radical (unpaired) electrons. The molecule has 2 aromatic carbocycles. The van der Waals surface area contributed by atoms with Crippen molar-refractivity contribution < 1.29 is 23.1 Å². The van der Waals surface area contributed by atoms with Crippen molar-refractivity contribution >= 4 is 81.3 Å². The number of ether oxygens (including phenoxy) is 2. The average Bonchev–Trinajstić information content (AvgIpc) is 3.21. The zero-order chi connectivity index (χ0) is 21.3. The van der Waals surface area contributed by atoms with Gasteiger partial charge >= 0.3 is 16.0 Å². The number of hydrogen-bond donors (Lipinski definition) is 0. The summed E-state index contributed by atoms with van der Waals surface area (Å²) < 4.78 is 23.6. The molecule has 0 aliphatic heterocycles. The number of fused-ring (bicyclic) bond motifs is 2. The molecule has 0 aliphatic rings. The van der Waals surface area contributed by atoms with E-state index in [9.17, 15) is 14.4 Å². The average molecular weight is 576 g/mol. The van der Waals surface area contributed by atoms with Gasteiger partial charge in [0, 0.05) is 21.8 Å². The van der Waals surface area contributed by atoms with Gasteiger partial charge in [-0.3, -0.25) is 0 Å². The fourth-order valence-electron chi connectivity index (χ4n) is 2.79. The first-order valence-electron chi connectivity index (χ1n) is 8.63. The van der Waals surface area contributed by atoms with Crippen LogP contribution in [0.15, 0.2) is 51.6 Å². The van der Waals surface area contributed by atoms with Crippen LogP contribution in [0.1, 0.15) is 11.1 Å². The minimum atomic E-state index is -0.770. The Morgan fingerprint density at radius 2 is 1.23 bits per heavy atom. The zero-order valence-electron chi connectivity index (χ0n) is 15.1. The van der Waals surface area contributed by atoms with Crippen LogP contribution in [0.25, 0.3) is 20.6 Å². The third kappa shape index (κ3) is 4.85. The van der Waals surface area contributed by atoms with E-state index >= 15 is 0 Å². The molecule has 7 nitrogen and oxygen atoms in total. The van der Waals surface area contributed by atoms with Crippen molar-refractivity contribution in [2.24, 2.45) is 0 Å². The van der Waals surface area contributed by atoms with E-state index in [0.29, 0.717) is 24.0 Å². The van der Waals surface area contributed by atoms with Crippen molar-refractivity contribution in [2.75, 3.05) is 13.2 Å². The van der Waals surface area contributed by atoms with Crippen LogP contribution in [0.3, 0.4) is 0 Å². The van der Waals surface area contributed by atoms with E-state index in [1.807, 2.05) is 12.1 Å². The second kappa shape index (κ2) is 9.04. The first kappa shape index (κ1) is 21.3. The quantitative estimate of drug-likeness (QED) is 0.281. The molecule has 11 heteroatoms. The first-order chi connectivity index (χ1) is 14.4. The first-order valence-corrected chi connectivity index (χ1v) is 11.8. The molecule has 2 heterocycles. The lowest BCUT2D eigenvalue weighted by Gasteiger charge is -2.08. The summed E-state index contributed by atoms with van der Waals surface area (Å²) in [6.45, 7) is 0.236. The molecule has 0 atom stereocenters. The van der Waals surface area contributed by atoms with Crippen LogP contribution in [0.4, 0.5) is 4.79 Å². The van der Waals surface area contributed by atoms with Gasteiger partial charge in [-0.15, -0.1) is 0 Å². The van der Waals surface area contributed by atoms with Crippen LogP contribution in [0, 0.1) is 0 Å². The van der Waals surface area contributed by atoms with Gasteiger partial charge in [0.15, 0.2) is 0 Å². The second-order valence-corrected chi connectivity index (χ2v) is 9.80. The van der Waals surface area contributed by atoms with Crippen LogP contribution < -0.4 is 9.88 Å². The van der Waals surface area contributed by atoms with Crippen molar-refractivity contribution in [1.29, 1.82) is 0 Å². The van der Waals surface area contributed by atoms with Gasteiger partial charge in [-0.05, 0) is 35.4 Å². The number of carbonyl (C=O) groups excluding carboxylic acids is 1. The Bertz CT molecular complexity index is 1250. The molecule has 4 rings (SSSR count). The third-order valence-electron chi connectivity index (χ3n) is 4.18. The van der Waals surface area contributed by atoms with Gasteiger partial charge in [-0.25, -0.2) is 14.4 Å². The van der Waals surface area contributed by atoms with Crippen LogP contribution in [-0.2, 0) is 22.3 Å². The number of hydrogen-bond acceptors (Lipinski definition) is 9. The molecule has 0 bridgehead atoms. The molecule has 2 aromatic heterocycles. The van der Waals surface area contributed by atoms with Gasteiger partial charge in [0.25, 0.3) is 0 Å². The highest BCUT2D eigenvalue weighted by atomic mass is 79.9. The highest BCUT2D eigenvalue weighted by Crippen LogP contribution is 2.27. The van der Waals surface area contributed by atoms with Crippen molar-refractivity contribution in [3.63, 3.8) is 0 Å². The summed E-state index contributed by atoms with van der Waals surface area (Å²) in [5.41, 5.74) is 2.72. The Hall–Kier alpha value is -1.95. The molecule has 0 saturated carbocycles. The van der Waals surface area contributed by atoms with Crippen molar-refractivity contribution in [1.82, 2.24) is 0 Å². The number of carbonyl (C=O) groups is 1. The van der Waals surface area contributed by atoms with Crippen molar-refractivity contribution in [2.45, 2.75) is 12.8 Å². The predicted octanol–water partition coefficient (Wildman–Crippen LogP) is 5.49. The Labute approximate surface area is 193 Å². The van der Waals surface area contributed by atoms with Gasteiger partial charge < -0.3 is 18.3 Å². The van der Waals surface area contributed by atoms with E-state index in [0.717, 1.165) is 52.1 Å².